The van der Waals surface area contributed by atoms with E-state index in [1.165, 1.54) is 23.5 Å². The van der Waals surface area contributed by atoms with E-state index in [9.17, 15) is 9.18 Å². The topological polar surface area (TPSA) is 43.6 Å². The summed E-state index contributed by atoms with van der Waals surface area (Å²) in [4.78, 5) is 17.1. The summed E-state index contributed by atoms with van der Waals surface area (Å²) in [5.41, 5.74) is 0.886. The molecule has 0 aliphatic heterocycles. The van der Waals surface area contributed by atoms with Crippen LogP contribution in [0.2, 0.25) is 0 Å². The van der Waals surface area contributed by atoms with E-state index in [4.69, 9.17) is 4.74 Å². The molecule has 24 heavy (non-hydrogen) atoms. The Morgan fingerprint density at radius 3 is 2.75 bits per heavy atom. The highest BCUT2D eigenvalue weighted by molar-refractivity contribution is 7.16. The average Bonchev–Trinajstić information content (AvgIpc) is 2.93. The van der Waals surface area contributed by atoms with E-state index in [2.05, 4.69) is 4.99 Å². The van der Waals surface area contributed by atoms with Gasteiger partial charge >= 0.3 is 0 Å². The SMILES string of the molecule is CCCn1c(=NC(=O)c2ccccc2F)sc2cccc(OC)c21. The van der Waals surface area contributed by atoms with Crippen LogP contribution in [-0.4, -0.2) is 17.6 Å². The second-order valence-electron chi connectivity index (χ2n) is 5.24. The van der Waals surface area contributed by atoms with E-state index in [0.29, 0.717) is 11.3 Å². The summed E-state index contributed by atoms with van der Waals surface area (Å²) in [6.45, 7) is 2.75. The lowest BCUT2D eigenvalue weighted by molar-refractivity contribution is 0.0994. The van der Waals surface area contributed by atoms with Crippen molar-refractivity contribution in [2.75, 3.05) is 7.11 Å². The number of amides is 1. The highest BCUT2D eigenvalue weighted by atomic mass is 32.1. The first-order valence-corrected chi connectivity index (χ1v) is 8.47. The van der Waals surface area contributed by atoms with E-state index >= 15 is 0 Å². The van der Waals surface area contributed by atoms with Crippen molar-refractivity contribution in [3.05, 3.63) is 58.6 Å². The summed E-state index contributed by atoms with van der Waals surface area (Å²) in [5.74, 6) is -0.410. The molecule has 0 saturated heterocycles. The van der Waals surface area contributed by atoms with E-state index in [0.717, 1.165) is 22.4 Å². The van der Waals surface area contributed by atoms with Crippen LogP contribution < -0.4 is 9.54 Å². The summed E-state index contributed by atoms with van der Waals surface area (Å²) in [6, 6.07) is 11.6. The van der Waals surface area contributed by atoms with Gasteiger partial charge in [-0.2, -0.15) is 4.99 Å². The van der Waals surface area contributed by atoms with Crippen molar-refractivity contribution in [2.24, 2.45) is 4.99 Å². The lowest BCUT2D eigenvalue weighted by Gasteiger charge is -2.07. The Morgan fingerprint density at radius 1 is 1.25 bits per heavy atom. The van der Waals surface area contributed by atoms with Crippen molar-refractivity contribution in [1.29, 1.82) is 0 Å². The quantitative estimate of drug-likeness (QED) is 0.718. The van der Waals surface area contributed by atoms with Gasteiger partial charge in [0.25, 0.3) is 5.91 Å². The predicted octanol–water partition coefficient (Wildman–Crippen LogP) is 4.00. The normalized spacial score (nSPS) is 11.9. The molecule has 0 bridgehead atoms. The van der Waals surface area contributed by atoms with Gasteiger partial charge in [0.05, 0.1) is 17.4 Å². The second kappa shape index (κ2) is 6.97. The van der Waals surface area contributed by atoms with E-state index < -0.39 is 11.7 Å². The minimum absolute atomic E-state index is 0.0232. The van der Waals surface area contributed by atoms with E-state index in [1.807, 2.05) is 29.7 Å². The molecule has 2 aromatic carbocycles. The number of carbonyl (C=O) groups excluding carboxylic acids is 1. The number of hydrogen-bond donors (Lipinski definition) is 0. The van der Waals surface area contributed by atoms with Gasteiger partial charge in [-0.1, -0.05) is 36.5 Å². The number of aromatic nitrogens is 1. The molecule has 1 heterocycles. The van der Waals surface area contributed by atoms with Crippen molar-refractivity contribution < 1.29 is 13.9 Å². The zero-order valence-corrected chi connectivity index (χ0v) is 14.3. The summed E-state index contributed by atoms with van der Waals surface area (Å²) >= 11 is 1.40. The van der Waals surface area contributed by atoms with Gasteiger partial charge in [-0.05, 0) is 30.7 Å². The first-order valence-electron chi connectivity index (χ1n) is 7.65. The van der Waals surface area contributed by atoms with Crippen LogP contribution >= 0.6 is 11.3 Å². The monoisotopic (exact) mass is 344 g/mol. The molecule has 0 unspecified atom stereocenters. The van der Waals surface area contributed by atoms with Crippen LogP contribution in [-0.2, 0) is 6.54 Å². The minimum Gasteiger partial charge on any atom is -0.495 e. The number of nitrogens with zero attached hydrogens (tertiary/aromatic N) is 2. The standard InChI is InChI=1S/C18H17FN2O2S/c1-3-11-21-16-14(23-2)9-6-10-15(16)24-18(21)20-17(22)12-7-4-5-8-13(12)19/h4-10H,3,11H2,1-2H3. The molecule has 0 radical (unpaired) electrons. The first kappa shape index (κ1) is 16.4. The summed E-state index contributed by atoms with van der Waals surface area (Å²) in [7, 11) is 1.62. The zero-order chi connectivity index (χ0) is 17.1. The van der Waals surface area contributed by atoms with Crippen LogP contribution in [0.5, 0.6) is 5.75 Å². The molecule has 3 aromatic rings. The molecule has 1 aromatic heterocycles. The summed E-state index contributed by atoms with van der Waals surface area (Å²) < 4.78 is 22.2. The zero-order valence-electron chi connectivity index (χ0n) is 13.5. The lowest BCUT2D eigenvalue weighted by atomic mass is 10.2. The maximum atomic E-state index is 13.8. The Hall–Kier alpha value is -2.47. The molecule has 4 nitrogen and oxygen atoms in total. The van der Waals surface area contributed by atoms with Crippen molar-refractivity contribution in [1.82, 2.24) is 4.57 Å². The Bertz CT molecular complexity index is 959. The third-order valence-electron chi connectivity index (χ3n) is 3.63. The number of ether oxygens (including phenoxy) is 1. The van der Waals surface area contributed by atoms with Crippen LogP contribution in [0.3, 0.4) is 0 Å². The highest BCUT2D eigenvalue weighted by Gasteiger charge is 2.14. The number of thiazole rings is 1. The smallest absolute Gasteiger partial charge is 0.282 e. The molecular formula is C18H17FN2O2S. The molecule has 1 amide bonds. The van der Waals surface area contributed by atoms with Gasteiger partial charge in [-0.25, -0.2) is 4.39 Å². The lowest BCUT2D eigenvalue weighted by Crippen LogP contribution is -2.17. The number of hydrogen-bond acceptors (Lipinski definition) is 3. The molecule has 0 spiro atoms. The van der Waals surface area contributed by atoms with Crippen molar-refractivity contribution in [3.63, 3.8) is 0 Å². The van der Waals surface area contributed by atoms with Crippen molar-refractivity contribution in [2.45, 2.75) is 19.9 Å². The van der Waals surface area contributed by atoms with E-state index in [-0.39, 0.29) is 5.56 Å². The van der Waals surface area contributed by atoms with E-state index in [1.54, 1.807) is 19.2 Å². The highest BCUT2D eigenvalue weighted by Crippen LogP contribution is 2.27. The third kappa shape index (κ3) is 2.97. The molecule has 0 fully saturated rings. The van der Waals surface area contributed by atoms with Gasteiger partial charge in [0.2, 0.25) is 0 Å². The van der Waals surface area contributed by atoms with Crippen LogP contribution in [0.1, 0.15) is 23.7 Å². The summed E-state index contributed by atoms with van der Waals surface area (Å²) in [5, 5.41) is 0. The Morgan fingerprint density at radius 2 is 2.04 bits per heavy atom. The number of rotatable bonds is 4. The van der Waals surface area contributed by atoms with Crippen LogP contribution in [0.25, 0.3) is 10.2 Å². The Labute approximate surface area is 142 Å². The van der Waals surface area contributed by atoms with Crippen LogP contribution in [0, 0.1) is 5.82 Å². The first-order chi connectivity index (χ1) is 11.7. The number of halogens is 1. The number of benzene rings is 2. The number of methoxy groups -OCH3 is 1. The summed E-state index contributed by atoms with van der Waals surface area (Å²) in [6.07, 6.45) is 0.880. The number of aryl methyl sites for hydroxylation is 1. The molecule has 0 aliphatic rings. The number of fused-ring (bicyclic) bond motifs is 1. The minimum atomic E-state index is -0.580. The fourth-order valence-corrected chi connectivity index (χ4v) is 3.63. The second-order valence-corrected chi connectivity index (χ2v) is 6.25. The van der Waals surface area contributed by atoms with Gasteiger partial charge in [0.1, 0.15) is 17.1 Å². The number of para-hydroxylation sites is 1. The van der Waals surface area contributed by atoms with Crippen molar-refractivity contribution >= 4 is 27.5 Å². The van der Waals surface area contributed by atoms with Crippen LogP contribution in [0.4, 0.5) is 4.39 Å². The molecule has 0 N–H and O–H groups in total. The van der Waals surface area contributed by atoms with Crippen LogP contribution in [0.15, 0.2) is 47.5 Å². The Kier molecular flexibility index (Phi) is 4.76. The molecule has 0 saturated carbocycles. The largest absolute Gasteiger partial charge is 0.495 e. The Balaban J connectivity index is 2.20. The molecular weight excluding hydrogens is 327 g/mol. The molecule has 3 rings (SSSR count). The molecule has 0 atom stereocenters. The van der Waals surface area contributed by atoms with Gasteiger partial charge in [0.15, 0.2) is 4.80 Å². The third-order valence-corrected chi connectivity index (χ3v) is 4.68. The fraction of sp³-hybridized carbons (Fsp3) is 0.222. The van der Waals surface area contributed by atoms with Gasteiger partial charge in [-0.3, -0.25) is 4.79 Å². The molecule has 6 heteroatoms. The van der Waals surface area contributed by atoms with Gasteiger partial charge < -0.3 is 9.30 Å². The van der Waals surface area contributed by atoms with Crippen molar-refractivity contribution in [3.8, 4) is 5.75 Å². The molecule has 124 valence electrons. The fourth-order valence-electron chi connectivity index (χ4n) is 2.56. The maximum Gasteiger partial charge on any atom is 0.282 e. The number of carbonyl (C=O) groups is 1. The van der Waals surface area contributed by atoms with Gasteiger partial charge in [-0.15, -0.1) is 0 Å². The predicted molar refractivity (Wildman–Crippen MR) is 93.0 cm³/mol. The molecule has 0 aliphatic carbocycles. The average molecular weight is 344 g/mol. The van der Waals surface area contributed by atoms with Gasteiger partial charge in [0, 0.05) is 6.54 Å². The maximum absolute atomic E-state index is 13.8.